The van der Waals surface area contributed by atoms with Gasteiger partial charge in [-0.05, 0) is 52.3 Å². The smallest absolute Gasteiger partial charge is 0.256 e. The van der Waals surface area contributed by atoms with Gasteiger partial charge in [0.2, 0.25) is 0 Å². The predicted octanol–water partition coefficient (Wildman–Crippen LogP) is 5.25. The standard InChI is InChI=1S/C24H25N5O/c1-14(2)29-23-20(13-25-29)19(12-21(27-23)18-9-7-6-8-10-18)24(30)28-22-15(3)11-16(4)26-17(22)5/h6-14H,1-5H3,(H,28,30). The van der Waals surface area contributed by atoms with Crippen molar-refractivity contribution in [2.24, 2.45) is 0 Å². The predicted molar refractivity (Wildman–Crippen MR) is 120 cm³/mol. The minimum absolute atomic E-state index is 0.128. The summed E-state index contributed by atoms with van der Waals surface area (Å²) in [5, 5.41) is 8.29. The zero-order valence-electron chi connectivity index (χ0n) is 17.9. The van der Waals surface area contributed by atoms with E-state index in [1.807, 2.05) is 81.8 Å². The lowest BCUT2D eigenvalue weighted by molar-refractivity contribution is 0.102. The molecule has 0 unspecified atom stereocenters. The number of aryl methyl sites for hydroxylation is 3. The summed E-state index contributed by atoms with van der Waals surface area (Å²) in [4.78, 5) is 22.7. The molecule has 0 fully saturated rings. The van der Waals surface area contributed by atoms with Gasteiger partial charge in [0, 0.05) is 17.3 Å². The van der Waals surface area contributed by atoms with Crippen molar-refractivity contribution in [3.05, 3.63) is 71.2 Å². The van der Waals surface area contributed by atoms with Crippen LogP contribution in [-0.2, 0) is 0 Å². The number of nitrogens with one attached hydrogen (secondary N) is 1. The van der Waals surface area contributed by atoms with Gasteiger partial charge in [0.15, 0.2) is 5.65 Å². The highest BCUT2D eigenvalue weighted by Gasteiger charge is 2.20. The van der Waals surface area contributed by atoms with Crippen LogP contribution in [0, 0.1) is 20.8 Å². The highest BCUT2D eigenvalue weighted by Crippen LogP contribution is 2.28. The van der Waals surface area contributed by atoms with Gasteiger partial charge in [-0.15, -0.1) is 0 Å². The van der Waals surface area contributed by atoms with Crippen molar-refractivity contribution >= 4 is 22.6 Å². The third kappa shape index (κ3) is 3.56. The SMILES string of the molecule is Cc1cc(C)c(NC(=O)c2cc(-c3ccccc3)nc3c2cnn3C(C)C)c(C)n1. The van der Waals surface area contributed by atoms with Crippen LogP contribution in [0.5, 0.6) is 0 Å². The molecule has 0 saturated heterocycles. The second kappa shape index (κ2) is 7.71. The molecular weight excluding hydrogens is 374 g/mol. The quantitative estimate of drug-likeness (QED) is 0.508. The van der Waals surface area contributed by atoms with Gasteiger partial charge >= 0.3 is 0 Å². The zero-order chi connectivity index (χ0) is 21.4. The van der Waals surface area contributed by atoms with E-state index in [4.69, 9.17) is 4.98 Å². The molecule has 3 heterocycles. The van der Waals surface area contributed by atoms with Gasteiger partial charge in [-0.25, -0.2) is 9.67 Å². The molecule has 1 aromatic carbocycles. The molecule has 6 heteroatoms. The molecule has 0 bridgehead atoms. The molecule has 3 aromatic heterocycles. The Kier molecular flexibility index (Phi) is 5.08. The third-order valence-electron chi connectivity index (χ3n) is 5.13. The molecule has 0 aliphatic rings. The molecule has 4 rings (SSSR count). The fourth-order valence-electron chi connectivity index (χ4n) is 3.73. The number of amides is 1. The van der Waals surface area contributed by atoms with Crippen molar-refractivity contribution in [2.75, 3.05) is 5.32 Å². The summed E-state index contributed by atoms with van der Waals surface area (Å²) in [6.45, 7) is 9.93. The van der Waals surface area contributed by atoms with Crippen molar-refractivity contribution < 1.29 is 4.79 Å². The monoisotopic (exact) mass is 399 g/mol. The zero-order valence-corrected chi connectivity index (χ0v) is 17.9. The maximum absolute atomic E-state index is 13.4. The van der Waals surface area contributed by atoms with E-state index in [2.05, 4.69) is 15.4 Å². The Hall–Kier alpha value is -3.54. The number of pyridine rings is 2. The first-order chi connectivity index (χ1) is 14.3. The van der Waals surface area contributed by atoms with Crippen molar-refractivity contribution in [1.82, 2.24) is 19.7 Å². The van der Waals surface area contributed by atoms with E-state index in [9.17, 15) is 4.79 Å². The number of carbonyl (C=O) groups excluding carboxylic acids is 1. The Bertz CT molecular complexity index is 1220. The molecule has 30 heavy (non-hydrogen) atoms. The molecule has 0 atom stereocenters. The van der Waals surface area contributed by atoms with Gasteiger partial charge in [-0.1, -0.05) is 30.3 Å². The van der Waals surface area contributed by atoms with Gasteiger partial charge in [-0.3, -0.25) is 9.78 Å². The van der Waals surface area contributed by atoms with E-state index in [1.165, 1.54) is 0 Å². The number of carbonyl (C=O) groups is 1. The van der Waals surface area contributed by atoms with Crippen LogP contribution < -0.4 is 5.32 Å². The lowest BCUT2D eigenvalue weighted by Crippen LogP contribution is -2.15. The first-order valence-corrected chi connectivity index (χ1v) is 10.0. The van der Waals surface area contributed by atoms with Crippen molar-refractivity contribution in [1.29, 1.82) is 0 Å². The highest BCUT2D eigenvalue weighted by molar-refractivity contribution is 6.13. The van der Waals surface area contributed by atoms with Crippen LogP contribution in [0.3, 0.4) is 0 Å². The average Bonchev–Trinajstić information content (AvgIpc) is 3.14. The first-order valence-electron chi connectivity index (χ1n) is 10.0. The van der Waals surface area contributed by atoms with Crippen LogP contribution >= 0.6 is 0 Å². The number of nitrogens with zero attached hydrogens (tertiary/aromatic N) is 4. The topological polar surface area (TPSA) is 72.7 Å². The van der Waals surface area contributed by atoms with Crippen LogP contribution in [0.25, 0.3) is 22.3 Å². The number of anilines is 1. The maximum atomic E-state index is 13.4. The Morgan fingerprint density at radius 2 is 1.77 bits per heavy atom. The molecule has 0 radical (unpaired) electrons. The van der Waals surface area contributed by atoms with Gasteiger partial charge in [0.1, 0.15) is 0 Å². The fraction of sp³-hybridized carbons (Fsp3) is 0.250. The normalized spacial score (nSPS) is 11.3. The summed E-state index contributed by atoms with van der Waals surface area (Å²) < 4.78 is 1.85. The number of fused-ring (bicyclic) bond motifs is 1. The van der Waals surface area contributed by atoms with Crippen molar-refractivity contribution in [3.8, 4) is 11.3 Å². The Morgan fingerprint density at radius 1 is 1.03 bits per heavy atom. The molecule has 0 aliphatic heterocycles. The fourth-order valence-corrected chi connectivity index (χ4v) is 3.73. The van der Waals surface area contributed by atoms with E-state index >= 15 is 0 Å². The number of benzene rings is 1. The Labute approximate surface area is 176 Å². The number of hydrogen-bond acceptors (Lipinski definition) is 4. The second-order valence-corrected chi connectivity index (χ2v) is 7.84. The highest BCUT2D eigenvalue weighted by atomic mass is 16.1. The average molecular weight is 399 g/mol. The third-order valence-corrected chi connectivity index (χ3v) is 5.13. The molecule has 0 saturated carbocycles. The van der Waals surface area contributed by atoms with Gasteiger partial charge in [0.05, 0.1) is 34.2 Å². The lowest BCUT2D eigenvalue weighted by Gasteiger charge is -2.14. The van der Waals surface area contributed by atoms with Crippen LogP contribution in [0.1, 0.15) is 47.2 Å². The summed E-state index contributed by atoms with van der Waals surface area (Å²) in [5.41, 5.74) is 6.40. The largest absolute Gasteiger partial charge is 0.320 e. The second-order valence-electron chi connectivity index (χ2n) is 7.84. The summed E-state index contributed by atoms with van der Waals surface area (Å²) in [5.74, 6) is -0.195. The van der Waals surface area contributed by atoms with E-state index in [1.54, 1.807) is 6.20 Å². The summed E-state index contributed by atoms with van der Waals surface area (Å²) in [7, 11) is 0. The number of aromatic nitrogens is 4. The summed E-state index contributed by atoms with van der Waals surface area (Å²) in [6.07, 6.45) is 1.72. The van der Waals surface area contributed by atoms with Crippen LogP contribution in [0.4, 0.5) is 5.69 Å². The van der Waals surface area contributed by atoms with Crippen LogP contribution in [0.15, 0.2) is 48.7 Å². The minimum Gasteiger partial charge on any atom is -0.320 e. The number of rotatable bonds is 4. The Morgan fingerprint density at radius 3 is 2.43 bits per heavy atom. The molecule has 1 N–H and O–H groups in total. The molecule has 0 spiro atoms. The Balaban J connectivity index is 1.86. The van der Waals surface area contributed by atoms with E-state index in [-0.39, 0.29) is 11.9 Å². The maximum Gasteiger partial charge on any atom is 0.256 e. The van der Waals surface area contributed by atoms with E-state index in [0.29, 0.717) is 11.2 Å². The number of hydrogen-bond donors (Lipinski definition) is 1. The minimum atomic E-state index is -0.195. The van der Waals surface area contributed by atoms with Gasteiger partial charge in [-0.2, -0.15) is 5.10 Å². The molecular formula is C24H25N5O. The van der Waals surface area contributed by atoms with Gasteiger partial charge < -0.3 is 5.32 Å². The van der Waals surface area contributed by atoms with Crippen LogP contribution in [0.2, 0.25) is 0 Å². The molecule has 4 aromatic rings. The van der Waals surface area contributed by atoms with Crippen molar-refractivity contribution in [3.63, 3.8) is 0 Å². The first kappa shape index (κ1) is 19.8. The van der Waals surface area contributed by atoms with Crippen LogP contribution in [-0.4, -0.2) is 25.7 Å². The van der Waals surface area contributed by atoms with Gasteiger partial charge in [0.25, 0.3) is 5.91 Å². The summed E-state index contributed by atoms with van der Waals surface area (Å²) in [6, 6.07) is 13.8. The van der Waals surface area contributed by atoms with Crippen molar-refractivity contribution in [2.45, 2.75) is 40.7 Å². The van der Waals surface area contributed by atoms with E-state index in [0.717, 1.165) is 39.3 Å². The van der Waals surface area contributed by atoms with E-state index < -0.39 is 0 Å². The molecule has 6 nitrogen and oxygen atoms in total. The molecule has 152 valence electrons. The molecule has 0 aliphatic carbocycles. The molecule has 1 amide bonds. The summed E-state index contributed by atoms with van der Waals surface area (Å²) >= 11 is 0. The lowest BCUT2D eigenvalue weighted by atomic mass is 10.1.